The van der Waals surface area contributed by atoms with Gasteiger partial charge in [0.05, 0.1) is 0 Å². The maximum atomic E-state index is 11.9. The summed E-state index contributed by atoms with van der Waals surface area (Å²) in [6.07, 6.45) is 0. The first kappa shape index (κ1) is 17.3. The minimum Gasteiger partial charge on any atom is -0.338 e. The van der Waals surface area contributed by atoms with Gasteiger partial charge in [0.15, 0.2) is 0 Å². The summed E-state index contributed by atoms with van der Waals surface area (Å²) in [5, 5.41) is -0.422. The summed E-state index contributed by atoms with van der Waals surface area (Å²) in [6, 6.07) is 0. The number of hydrogen-bond acceptors (Lipinski definition) is 2. The molecule has 0 rings (SSSR count). The van der Waals surface area contributed by atoms with Crippen molar-refractivity contribution >= 4 is 35.0 Å². The van der Waals surface area contributed by atoms with E-state index in [0.717, 1.165) is 0 Å². The summed E-state index contributed by atoms with van der Waals surface area (Å²) >= 11 is 11.8. The second kappa shape index (κ2) is 8.38. The molecule has 2 amide bonds. The van der Waals surface area contributed by atoms with Crippen molar-refractivity contribution in [3.63, 3.8) is 0 Å². The van der Waals surface area contributed by atoms with Crippen LogP contribution in [0.25, 0.3) is 0 Å². The van der Waals surface area contributed by atoms with Crippen LogP contribution in [0.4, 0.5) is 0 Å². The van der Waals surface area contributed by atoms with E-state index in [4.69, 9.17) is 23.2 Å². The van der Waals surface area contributed by atoms with E-state index in [9.17, 15) is 9.59 Å². The van der Waals surface area contributed by atoms with Crippen molar-refractivity contribution in [2.75, 3.05) is 26.2 Å². The number of hydrogen-bond donors (Lipinski definition) is 0. The fourth-order valence-corrected chi connectivity index (χ4v) is 1.89. The Bertz CT molecular complexity index is 303. The first-order valence-electron chi connectivity index (χ1n) is 6.08. The van der Waals surface area contributed by atoms with Crippen LogP contribution in [0.15, 0.2) is 10.1 Å². The van der Waals surface area contributed by atoms with E-state index in [1.807, 2.05) is 27.7 Å². The van der Waals surface area contributed by atoms with Crippen LogP contribution >= 0.6 is 23.2 Å². The standard InChI is InChI=1S/C12H20Cl2N2O2/c1-5-15(6-2)11(17)9(13)10(14)12(18)16(7-3)8-4/h5-8H2,1-4H3/b10-9-. The van der Waals surface area contributed by atoms with E-state index in [0.29, 0.717) is 26.2 Å². The van der Waals surface area contributed by atoms with E-state index in [1.165, 1.54) is 9.80 Å². The van der Waals surface area contributed by atoms with E-state index in [-0.39, 0.29) is 10.1 Å². The number of likely N-dealkylation sites (N-methyl/N-ethyl adjacent to an activating group) is 2. The van der Waals surface area contributed by atoms with Crippen molar-refractivity contribution in [3.05, 3.63) is 10.1 Å². The minimum atomic E-state index is -0.410. The van der Waals surface area contributed by atoms with Gasteiger partial charge in [0.1, 0.15) is 10.1 Å². The zero-order chi connectivity index (χ0) is 14.3. The summed E-state index contributed by atoms with van der Waals surface area (Å²) in [7, 11) is 0. The van der Waals surface area contributed by atoms with E-state index < -0.39 is 11.8 Å². The van der Waals surface area contributed by atoms with Crippen molar-refractivity contribution in [1.82, 2.24) is 9.80 Å². The molecule has 0 heterocycles. The average Bonchev–Trinajstić information content (AvgIpc) is 2.39. The van der Waals surface area contributed by atoms with Gasteiger partial charge < -0.3 is 9.80 Å². The van der Waals surface area contributed by atoms with Crippen molar-refractivity contribution in [2.24, 2.45) is 0 Å². The van der Waals surface area contributed by atoms with Gasteiger partial charge in [0.25, 0.3) is 11.8 Å². The maximum Gasteiger partial charge on any atom is 0.267 e. The highest BCUT2D eigenvalue weighted by molar-refractivity contribution is 6.53. The van der Waals surface area contributed by atoms with Crippen LogP contribution in [0.1, 0.15) is 27.7 Å². The average molecular weight is 295 g/mol. The van der Waals surface area contributed by atoms with Gasteiger partial charge in [-0.15, -0.1) is 0 Å². The highest BCUT2D eigenvalue weighted by Crippen LogP contribution is 2.19. The zero-order valence-corrected chi connectivity index (χ0v) is 12.8. The molecule has 0 aromatic rings. The lowest BCUT2D eigenvalue weighted by Crippen LogP contribution is -2.34. The molecule has 0 aromatic heterocycles. The number of halogens is 2. The fraction of sp³-hybridized carbons (Fsp3) is 0.667. The largest absolute Gasteiger partial charge is 0.338 e. The van der Waals surface area contributed by atoms with Crippen LogP contribution in [0.3, 0.4) is 0 Å². The Morgan fingerprint density at radius 2 is 0.944 bits per heavy atom. The van der Waals surface area contributed by atoms with Crippen molar-refractivity contribution < 1.29 is 9.59 Å². The number of nitrogens with zero attached hydrogens (tertiary/aromatic N) is 2. The summed E-state index contributed by atoms with van der Waals surface area (Å²) in [5.74, 6) is -0.820. The van der Waals surface area contributed by atoms with Crippen LogP contribution < -0.4 is 0 Å². The number of carbonyl (C=O) groups excluding carboxylic acids is 2. The minimum absolute atomic E-state index is 0.211. The number of amides is 2. The third kappa shape index (κ3) is 4.18. The van der Waals surface area contributed by atoms with Gasteiger partial charge in [-0.2, -0.15) is 0 Å². The highest BCUT2D eigenvalue weighted by Gasteiger charge is 2.23. The maximum absolute atomic E-state index is 11.9. The van der Waals surface area contributed by atoms with Gasteiger partial charge in [-0.25, -0.2) is 0 Å². The Labute approximate surface area is 119 Å². The summed E-state index contributed by atoms with van der Waals surface area (Å²) in [6.45, 7) is 9.45. The molecule has 0 N–H and O–H groups in total. The van der Waals surface area contributed by atoms with Gasteiger partial charge in [0, 0.05) is 26.2 Å². The van der Waals surface area contributed by atoms with Gasteiger partial charge in [-0.1, -0.05) is 23.2 Å². The number of rotatable bonds is 6. The molecule has 0 fully saturated rings. The molecule has 0 aliphatic heterocycles. The quantitative estimate of drug-likeness (QED) is 0.706. The predicted molar refractivity (Wildman–Crippen MR) is 74.6 cm³/mol. The fourth-order valence-electron chi connectivity index (χ4n) is 1.49. The lowest BCUT2D eigenvalue weighted by atomic mass is 10.3. The van der Waals surface area contributed by atoms with Crippen molar-refractivity contribution in [2.45, 2.75) is 27.7 Å². The van der Waals surface area contributed by atoms with Crippen LogP contribution in [-0.4, -0.2) is 47.8 Å². The lowest BCUT2D eigenvalue weighted by molar-refractivity contribution is -0.128. The molecule has 18 heavy (non-hydrogen) atoms. The molecule has 0 saturated carbocycles. The molecule has 0 saturated heterocycles. The first-order valence-corrected chi connectivity index (χ1v) is 6.83. The molecule has 0 radical (unpaired) electrons. The third-order valence-electron chi connectivity index (χ3n) is 2.67. The summed E-state index contributed by atoms with van der Waals surface area (Å²) < 4.78 is 0. The predicted octanol–water partition coefficient (Wildman–Crippen LogP) is 2.41. The van der Waals surface area contributed by atoms with Gasteiger partial charge in [-0.05, 0) is 27.7 Å². The molecule has 0 bridgehead atoms. The summed E-state index contributed by atoms with van der Waals surface area (Å²) in [4.78, 5) is 26.9. The Morgan fingerprint density at radius 3 is 1.11 bits per heavy atom. The van der Waals surface area contributed by atoms with Gasteiger partial charge in [-0.3, -0.25) is 9.59 Å². The van der Waals surface area contributed by atoms with Crippen molar-refractivity contribution in [1.29, 1.82) is 0 Å². The van der Waals surface area contributed by atoms with E-state index in [2.05, 4.69) is 0 Å². The Kier molecular flexibility index (Phi) is 8.03. The van der Waals surface area contributed by atoms with Crippen LogP contribution in [0.5, 0.6) is 0 Å². The molecule has 6 heteroatoms. The Morgan fingerprint density at radius 1 is 0.722 bits per heavy atom. The van der Waals surface area contributed by atoms with E-state index in [1.54, 1.807) is 0 Å². The van der Waals surface area contributed by atoms with Crippen LogP contribution in [0, 0.1) is 0 Å². The normalized spacial score (nSPS) is 11.9. The summed E-state index contributed by atoms with van der Waals surface area (Å²) in [5.41, 5.74) is 0. The monoisotopic (exact) mass is 294 g/mol. The Hall–Kier alpha value is -0.740. The molecular weight excluding hydrogens is 275 g/mol. The van der Waals surface area contributed by atoms with Crippen LogP contribution in [-0.2, 0) is 9.59 Å². The zero-order valence-electron chi connectivity index (χ0n) is 11.3. The second-order valence-electron chi connectivity index (χ2n) is 3.58. The molecular formula is C12H20Cl2N2O2. The molecule has 0 atom stereocenters. The molecule has 4 nitrogen and oxygen atoms in total. The SMILES string of the molecule is CCN(CC)C(=O)/C(Cl)=C(/Cl)C(=O)N(CC)CC. The Balaban J connectivity index is 5.11. The van der Waals surface area contributed by atoms with Gasteiger partial charge >= 0.3 is 0 Å². The van der Waals surface area contributed by atoms with Gasteiger partial charge in [0.2, 0.25) is 0 Å². The second-order valence-corrected chi connectivity index (χ2v) is 4.34. The molecule has 104 valence electrons. The smallest absolute Gasteiger partial charge is 0.267 e. The third-order valence-corrected chi connectivity index (χ3v) is 3.47. The molecule has 0 aliphatic carbocycles. The molecule has 0 aliphatic rings. The molecule has 0 unspecified atom stereocenters. The lowest BCUT2D eigenvalue weighted by Gasteiger charge is -2.21. The highest BCUT2D eigenvalue weighted by atomic mass is 35.5. The number of carbonyl (C=O) groups is 2. The topological polar surface area (TPSA) is 40.6 Å². The van der Waals surface area contributed by atoms with Crippen LogP contribution in [0.2, 0.25) is 0 Å². The first-order chi connectivity index (χ1) is 8.44. The van der Waals surface area contributed by atoms with Crippen molar-refractivity contribution in [3.8, 4) is 0 Å². The molecule has 0 spiro atoms. The van der Waals surface area contributed by atoms with E-state index >= 15 is 0 Å². The molecule has 0 aromatic carbocycles.